The van der Waals surface area contributed by atoms with E-state index in [2.05, 4.69) is 5.32 Å². The van der Waals surface area contributed by atoms with Crippen molar-refractivity contribution in [3.05, 3.63) is 53.2 Å². The molecule has 0 fully saturated rings. The lowest BCUT2D eigenvalue weighted by atomic mass is 9.93. The zero-order valence-corrected chi connectivity index (χ0v) is 19.8. The molecule has 33 heavy (non-hydrogen) atoms. The molecular weight excluding hydrogens is 444 g/mol. The largest absolute Gasteiger partial charge is 0.497 e. The van der Waals surface area contributed by atoms with Crippen molar-refractivity contribution in [2.45, 2.75) is 19.9 Å². The first kappa shape index (κ1) is 22.7. The SMILES string of the molecule is CCOC(=O)C1=C(C)N(c2ccc3c(c2)OCCO3)C(=S)NC1c1ccc(OC)cc1OC. The van der Waals surface area contributed by atoms with Gasteiger partial charge in [-0.15, -0.1) is 0 Å². The average molecular weight is 471 g/mol. The number of nitrogens with zero attached hydrogens (tertiary/aromatic N) is 1. The minimum Gasteiger partial charge on any atom is -0.497 e. The molecule has 174 valence electrons. The smallest absolute Gasteiger partial charge is 0.338 e. The quantitative estimate of drug-likeness (QED) is 0.502. The fourth-order valence-corrected chi connectivity index (χ4v) is 4.35. The number of esters is 1. The molecule has 0 aliphatic carbocycles. The second-order valence-corrected chi connectivity index (χ2v) is 7.76. The Balaban J connectivity index is 1.82. The van der Waals surface area contributed by atoms with E-state index in [9.17, 15) is 4.79 Å². The molecule has 2 aliphatic heterocycles. The number of benzene rings is 2. The highest BCUT2D eigenvalue weighted by molar-refractivity contribution is 7.80. The number of methoxy groups -OCH3 is 2. The summed E-state index contributed by atoms with van der Waals surface area (Å²) in [4.78, 5) is 14.9. The van der Waals surface area contributed by atoms with E-state index in [1.54, 1.807) is 32.1 Å². The first-order valence-electron chi connectivity index (χ1n) is 10.6. The number of rotatable bonds is 6. The second-order valence-electron chi connectivity index (χ2n) is 7.37. The normalized spacial score (nSPS) is 17.4. The van der Waals surface area contributed by atoms with Crippen LogP contribution in [0.25, 0.3) is 0 Å². The number of carbonyl (C=O) groups is 1. The summed E-state index contributed by atoms with van der Waals surface area (Å²) in [7, 11) is 3.16. The van der Waals surface area contributed by atoms with E-state index in [0.29, 0.717) is 52.6 Å². The number of nitrogens with one attached hydrogen (secondary N) is 1. The number of anilines is 1. The molecule has 0 bridgehead atoms. The highest BCUT2D eigenvalue weighted by atomic mass is 32.1. The lowest BCUT2D eigenvalue weighted by molar-refractivity contribution is -0.139. The van der Waals surface area contributed by atoms with Gasteiger partial charge in [-0.05, 0) is 50.3 Å². The fourth-order valence-electron chi connectivity index (χ4n) is 3.99. The van der Waals surface area contributed by atoms with Gasteiger partial charge < -0.3 is 29.0 Å². The zero-order chi connectivity index (χ0) is 23.5. The number of fused-ring (bicyclic) bond motifs is 1. The average Bonchev–Trinajstić information content (AvgIpc) is 2.83. The third kappa shape index (κ3) is 4.28. The van der Waals surface area contributed by atoms with Crippen LogP contribution in [0.3, 0.4) is 0 Å². The van der Waals surface area contributed by atoms with Crippen LogP contribution in [0.4, 0.5) is 5.69 Å². The van der Waals surface area contributed by atoms with Gasteiger partial charge in [-0.2, -0.15) is 0 Å². The minimum absolute atomic E-state index is 0.247. The van der Waals surface area contributed by atoms with Crippen molar-refractivity contribution in [1.82, 2.24) is 5.32 Å². The fraction of sp³-hybridized carbons (Fsp3) is 0.333. The summed E-state index contributed by atoms with van der Waals surface area (Å²) in [6, 6.07) is 10.4. The summed E-state index contributed by atoms with van der Waals surface area (Å²) in [5.41, 5.74) is 2.57. The number of thiocarbonyl (C=S) groups is 1. The Kier molecular flexibility index (Phi) is 6.60. The Morgan fingerprint density at radius 1 is 1.12 bits per heavy atom. The van der Waals surface area contributed by atoms with E-state index in [4.69, 9.17) is 35.9 Å². The van der Waals surface area contributed by atoms with Crippen LogP contribution in [-0.4, -0.2) is 45.1 Å². The Bertz CT molecular complexity index is 1120. The van der Waals surface area contributed by atoms with Gasteiger partial charge in [0, 0.05) is 23.4 Å². The van der Waals surface area contributed by atoms with Gasteiger partial charge >= 0.3 is 5.97 Å². The zero-order valence-electron chi connectivity index (χ0n) is 19.0. The monoisotopic (exact) mass is 470 g/mol. The summed E-state index contributed by atoms with van der Waals surface area (Å²) in [5.74, 6) is 2.08. The molecule has 0 saturated carbocycles. The van der Waals surface area contributed by atoms with Gasteiger partial charge in [0.1, 0.15) is 24.7 Å². The summed E-state index contributed by atoms with van der Waals surface area (Å²) in [6.07, 6.45) is 0. The molecule has 1 unspecified atom stereocenters. The Labute approximate surface area is 198 Å². The maximum absolute atomic E-state index is 13.1. The Morgan fingerprint density at radius 2 is 1.88 bits per heavy atom. The lowest BCUT2D eigenvalue weighted by Gasteiger charge is -2.38. The molecule has 2 aromatic carbocycles. The maximum Gasteiger partial charge on any atom is 0.338 e. The highest BCUT2D eigenvalue weighted by Gasteiger charge is 2.37. The third-order valence-corrected chi connectivity index (χ3v) is 5.82. The Morgan fingerprint density at radius 3 is 2.58 bits per heavy atom. The van der Waals surface area contributed by atoms with Crippen LogP contribution in [-0.2, 0) is 9.53 Å². The van der Waals surface area contributed by atoms with Crippen LogP contribution in [0.2, 0.25) is 0 Å². The first-order chi connectivity index (χ1) is 16.0. The van der Waals surface area contributed by atoms with Crippen LogP contribution in [0.1, 0.15) is 25.5 Å². The molecular formula is C24H26N2O6S. The van der Waals surface area contributed by atoms with Crippen molar-refractivity contribution in [2.75, 3.05) is 38.9 Å². The van der Waals surface area contributed by atoms with Gasteiger partial charge in [0.2, 0.25) is 0 Å². The second kappa shape index (κ2) is 9.58. The third-order valence-electron chi connectivity index (χ3n) is 5.52. The van der Waals surface area contributed by atoms with E-state index < -0.39 is 12.0 Å². The van der Waals surface area contributed by atoms with E-state index in [1.807, 2.05) is 37.3 Å². The predicted molar refractivity (Wildman–Crippen MR) is 127 cm³/mol. The van der Waals surface area contributed by atoms with Crippen molar-refractivity contribution >= 4 is 29.0 Å². The van der Waals surface area contributed by atoms with Crippen molar-refractivity contribution < 1.29 is 28.5 Å². The molecule has 2 aliphatic rings. The molecule has 4 rings (SSSR count). The number of hydrogen-bond acceptors (Lipinski definition) is 7. The molecule has 0 spiro atoms. The molecule has 0 aromatic heterocycles. The van der Waals surface area contributed by atoms with Crippen LogP contribution in [0.15, 0.2) is 47.7 Å². The van der Waals surface area contributed by atoms with Crippen LogP contribution in [0, 0.1) is 0 Å². The highest BCUT2D eigenvalue weighted by Crippen LogP contribution is 2.41. The number of ether oxygens (including phenoxy) is 5. The van der Waals surface area contributed by atoms with Crippen LogP contribution in [0.5, 0.6) is 23.0 Å². The summed E-state index contributed by atoms with van der Waals surface area (Å²) >= 11 is 5.74. The van der Waals surface area contributed by atoms with E-state index in [0.717, 1.165) is 11.3 Å². The van der Waals surface area contributed by atoms with E-state index in [-0.39, 0.29) is 6.61 Å². The molecule has 2 heterocycles. The first-order valence-corrected chi connectivity index (χ1v) is 11.0. The molecule has 2 aromatic rings. The van der Waals surface area contributed by atoms with Gasteiger partial charge in [-0.25, -0.2) is 4.79 Å². The standard InChI is InChI=1S/C24H26N2O6S/c1-5-30-23(27)21-14(2)26(15-6-9-18-20(12-15)32-11-10-31-18)24(33)25-22(21)17-8-7-16(28-3)13-19(17)29-4/h6-9,12-13,22H,5,10-11H2,1-4H3,(H,25,33). The van der Waals surface area contributed by atoms with Gasteiger partial charge in [0.15, 0.2) is 16.6 Å². The molecule has 1 atom stereocenters. The summed E-state index contributed by atoms with van der Waals surface area (Å²) in [5, 5.41) is 3.73. The lowest BCUT2D eigenvalue weighted by Crippen LogP contribution is -2.48. The van der Waals surface area contributed by atoms with Crippen LogP contribution < -0.4 is 29.2 Å². The number of carbonyl (C=O) groups excluding carboxylic acids is 1. The molecule has 1 N–H and O–H groups in total. The van der Waals surface area contributed by atoms with Gasteiger partial charge in [-0.1, -0.05) is 0 Å². The number of hydrogen-bond donors (Lipinski definition) is 1. The van der Waals surface area contributed by atoms with E-state index >= 15 is 0 Å². The van der Waals surface area contributed by atoms with Gasteiger partial charge in [0.25, 0.3) is 0 Å². The van der Waals surface area contributed by atoms with Crippen molar-refractivity contribution in [1.29, 1.82) is 0 Å². The van der Waals surface area contributed by atoms with E-state index in [1.165, 1.54) is 0 Å². The maximum atomic E-state index is 13.1. The van der Waals surface area contributed by atoms with Crippen LogP contribution >= 0.6 is 12.2 Å². The topological polar surface area (TPSA) is 78.5 Å². The molecule has 0 radical (unpaired) electrons. The number of allylic oxidation sites excluding steroid dienone is 1. The van der Waals surface area contributed by atoms with Crippen molar-refractivity contribution in [3.8, 4) is 23.0 Å². The molecule has 0 amide bonds. The van der Waals surface area contributed by atoms with Crippen molar-refractivity contribution in [3.63, 3.8) is 0 Å². The predicted octanol–water partition coefficient (Wildman–Crippen LogP) is 3.75. The Hall–Kier alpha value is -3.46. The van der Waals surface area contributed by atoms with Gasteiger partial charge in [0.05, 0.1) is 38.1 Å². The summed E-state index contributed by atoms with van der Waals surface area (Å²) < 4.78 is 27.7. The molecule has 8 nitrogen and oxygen atoms in total. The van der Waals surface area contributed by atoms with Crippen molar-refractivity contribution in [2.24, 2.45) is 0 Å². The minimum atomic E-state index is -0.564. The summed E-state index contributed by atoms with van der Waals surface area (Å²) in [6.45, 7) is 4.85. The molecule has 9 heteroatoms. The van der Waals surface area contributed by atoms with Gasteiger partial charge in [-0.3, -0.25) is 4.90 Å². The molecule has 0 saturated heterocycles.